The van der Waals surface area contributed by atoms with Crippen molar-refractivity contribution in [3.05, 3.63) is 64.9 Å². The van der Waals surface area contributed by atoms with E-state index in [-0.39, 0.29) is 12.2 Å². The number of rotatable bonds is 4. The molecular weight excluding hydrogens is 296 g/mol. The van der Waals surface area contributed by atoms with Gasteiger partial charge in [-0.05, 0) is 49.7 Å². The predicted molar refractivity (Wildman–Crippen MR) is 89.1 cm³/mol. The second-order valence-corrected chi connectivity index (χ2v) is 6.26. The van der Waals surface area contributed by atoms with Crippen LogP contribution in [0, 0.1) is 0 Å². The number of ether oxygens (including phenoxy) is 1. The number of hydrogen-bond donors (Lipinski definition) is 0. The average Bonchev–Trinajstić information content (AvgIpc) is 2.56. The van der Waals surface area contributed by atoms with Gasteiger partial charge in [0.2, 0.25) is 0 Å². The molecule has 3 nitrogen and oxygen atoms in total. The van der Waals surface area contributed by atoms with Gasteiger partial charge in [0.1, 0.15) is 6.10 Å². The zero-order chi connectivity index (χ0) is 15.4. The highest BCUT2D eigenvalue weighted by Crippen LogP contribution is 2.29. The smallest absolute Gasteiger partial charge is 0.125 e. The van der Waals surface area contributed by atoms with Gasteiger partial charge in [-0.15, -0.1) is 0 Å². The van der Waals surface area contributed by atoms with E-state index < -0.39 is 0 Å². The second kappa shape index (κ2) is 7.23. The zero-order valence-corrected chi connectivity index (χ0v) is 13.5. The Morgan fingerprint density at radius 3 is 2.50 bits per heavy atom. The Morgan fingerprint density at radius 2 is 1.86 bits per heavy atom. The molecule has 1 fully saturated rings. The normalized spacial score (nSPS) is 18.3. The second-order valence-electron chi connectivity index (χ2n) is 5.82. The van der Waals surface area contributed by atoms with Gasteiger partial charge in [0, 0.05) is 24.3 Å². The number of nitrogens with zero attached hydrogens (tertiary/aromatic N) is 2. The van der Waals surface area contributed by atoms with Crippen LogP contribution in [-0.2, 0) is 4.74 Å². The molecule has 0 amide bonds. The number of benzene rings is 1. The monoisotopic (exact) mass is 316 g/mol. The number of piperidine rings is 1. The summed E-state index contributed by atoms with van der Waals surface area (Å²) in [6.45, 7) is 2.17. The van der Waals surface area contributed by atoms with Crippen molar-refractivity contribution in [1.29, 1.82) is 0 Å². The quantitative estimate of drug-likeness (QED) is 0.854. The molecule has 22 heavy (non-hydrogen) atoms. The van der Waals surface area contributed by atoms with Crippen LogP contribution in [0.3, 0.4) is 0 Å². The first-order chi connectivity index (χ1) is 10.7. The highest BCUT2D eigenvalue weighted by molar-refractivity contribution is 6.30. The molecule has 1 unspecified atom stereocenters. The Balaban J connectivity index is 1.82. The number of hydrogen-bond acceptors (Lipinski definition) is 3. The average molecular weight is 317 g/mol. The summed E-state index contributed by atoms with van der Waals surface area (Å²) in [4.78, 5) is 6.84. The minimum atomic E-state index is -0.133. The highest BCUT2D eigenvalue weighted by atomic mass is 35.5. The Bertz CT molecular complexity index is 580. The SMILES string of the molecule is CN1CCC(OC(c2ccc(Cl)cc2)c2ccccn2)CC1. The molecule has 0 aliphatic carbocycles. The standard InChI is InChI=1S/C18H21ClN2O/c1-21-12-9-16(10-13-21)22-18(17-4-2-3-11-20-17)14-5-7-15(19)8-6-14/h2-8,11,16,18H,9-10,12-13H2,1H3. The van der Waals surface area contributed by atoms with E-state index in [2.05, 4.69) is 16.9 Å². The maximum Gasteiger partial charge on any atom is 0.125 e. The van der Waals surface area contributed by atoms with Gasteiger partial charge in [0.15, 0.2) is 0 Å². The van der Waals surface area contributed by atoms with Crippen LogP contribution in [0.2, 0.25) is 5.02 Å². The van der Waals surface area contributed by atoms with E-state index in [1.807, 2.05) is 48.7 Å². The molecule has 1 aliphatic heterocycles. The molecule has 1 saturated heterocycles. The van der Waals surface area contributed by atoms with E-state index in [0.29, 0.717) is 0 Å². The van der Waals surface area contributed by atoms with Gasteiger partial charge >= 0.3 is 0 Å². The predicted octanol–water partition coefficient (Wildman–Crippen LogP) is 3.94. The van der Waals surface area contributed by atoms with E-state index in [0.717, 1.165) is 42.2 Å². The van der Waals surface area contributed by atoms with E-state index in [4.69, 9.17) is 16.3 Å². The van der Waals surface area contributed by atoms with Gasteiger partial charge in [0.05, 0.1) is 11.8 Å². The summed E-state index contributed by atoms with van der Waals surface area (Å²) in [6, 6.07) is 13.8. The number of aromatic nitrogens is 1. The zero-order valence-electron chi connectivity index (χ0n) is 12.8. The molecule has 0 bridgehead atoms. The lowest BCUT2D eigenvalue weighted by Gasteiger charge is -2.32. The fraction of sp³-hybridized carbons (Fsp3) is 0.389. The fourth-order valence-corrected chi connectivity index (χ4v) is 2.93. The van der Waals surface area contributed by atoms with Gasteiger partial charge in [-0.25, -0.2) is 0 Å². The van der Waals surface area contributed by atoms with Gasteiger partial charge < -0.3 is 9.64 Å². The summed E-state index contributed by atoms with van der Waals surface area (Å²) in [5.41, 5.74) is 2.05. The molecular formula is C18H21ClN2O. The van der Waals surface area contributed by atoms with Crippen molar-refractivity contribution in [2.45, 2.75) is 25.0 Å². The summed E-state index contributed by atoms with van der Waals surface area (Å²) < 4.78 is 6.42. The van der Waals surface area contributed by atoms with Gasteiger partial charge in [-0.2, -0.15) is 0 Å². The largest absolute Gasteiger partial charge is 0.364 e. The molecule has 1 aromatic heterocycles. The fourth-order valence-electron chi connectivity index (χ4n) is 2.80. The molecule has 116 valence electrons. The maximum atomic E-state index is 6.42. The Kier molecular flexibility index (Phi) is 5.08. The van der Waals surface area contributed by atoms with Gasteiger partial charge in [-0.3, -0.25) is 4.98 Å². The molecule has 1 atom stereocenters. The molecule has 3 rings (SSSR count). The van der Waals surface area contributed by atoms with Crippen LogP contribution < -0.4 is 0 Å². The summed E-state index contributed by atoms with van der Waals surface area (Å²) in [5, 5.41) is 0.739. The van der Waals surface area contributed by atoms with Crippen LogP contribution >= 0.6 is 11.6 Å². The molecule has 1 aromatic carbocycles. The van der Waals surface area contributed by atoms with Gasteiger partial charge in [0.25, 0.3) is 0 Å². The van der Waals surface area contributed by atoms with E-state index in [1.165, 1.54) is 0 Å². The van der Waals surface area contributed by atoms with Crippen LogP contribution in [0.4, 0.5) is 0 Å². The van der Waals surface area contributed by atoms with Crippen molar-refractivity contribution in [3.63, 3.8) is 0 Å². The molecule has 4 heteroatoms. The lowest BCUT2D eigenvalue weighted by molar-refractivity contribution is -0.0250. The third-order valence-corrected chi connectivity index (χ3v) is 4.38. The Hall–Kier alpha value is -1.42. The lowest BCUT2D eigenvalue weighted by atomic mass is 10.0. The third-order valence-electron chi connectivity index (χ3n) is 4.12. The van der Waals surface area contributed by atoms with Crippen molar-refractivity contribution in [2.24, 2.45) is 0 Å². The Labute approximate surface area is 136 Å². The van der Waals surface area contributed by atoms with Crippen molar-refractivity contribution < 1.29 is 4.74 Å². The maximum absolute atomic E-state index is 6.42. The first-order valence-electron chi connectivity index (χ1n) is 7.73. The first kappa shape index (κ1) is 15.5. The van der Waals surface area contributed by atoms with E-state index in [1.54, 1.807) is 0 Å². The first-order valence-corrected chi connectivity index (χ1v) is 8.10. The minimum Gasteiger partial charge on any atom is -0.364 e. The molecule has 0 radical (unpaired) electrons. The molecule has 2 heterocycles. The minimum absolute atomic E-state index is 0.133. The number of halogens is 1. The molecule has 2 aromatic rings. The van der Waals surface area contributed by atoms with Crippen molar-refractivity contribution >= 4 is 11.6 Å². The van der Waals surface area contributed by atoms with Crippen LogP contribution in [-0.4, -0.2) is 36.1 Å². The molecule has 0 saturated carbocycles. The van der Waals surface area contributed by atoms with Gasteiger partial charge in [-0.1, -0.05) is 29.8 Å². The lowest BCUT2D eigenvalue weighted by Crippen LogP contribution is -2.35. The Morgan fingerprint density at radius 1 is 1.14 bits per heavy atom. The molecule has 1 aliphatic rings. The summed E-state index contributed by atoms with van der Waals surface area (Å²) in [6.07, 6.45) is 4.09. The molecule has 0 N–H and O–H groups in total. The van der Waals surface area contributed by atoms with Crippen LogP contribution in [0.15, 0.2) is 48.7 Å². The van der Waals surface area contributed by atoms with Crippen molar-refractivity contribution in [3.8, 4) is 0 Å². The summed E-state index contributed by atoms with van der Waals surface area (Å²) >= 11 is 6.01. The van der Waals surface area contributed by atoms with Crippen LogP contribution in [0.25, 0.3) is 0 Å². The van der Waals surface area contributed by atoms with E-state index >= 15 is 0 Å². The molecule has 0 spiro atoms. The van der Waals surface area contributed by atoms with Crippen molar-refractivity contribution in [1.82, 2.24) is 9.88 Å². The van der Waals surface area contributed by atoms with Crippen LogP contribution in [0.5, 0.6) is 0 Å². The number of likely N-dealkylation sites (tertiary alicyclic amines) is 1. The van der Waals surface area contributed by atoms with E-state index in [9.17, 15) is 0 Å². The highest BCUT2D eigenvalue weighted by Gasteiger charge is 2.24. The third kappa shape index (κ3) is 3.86. The number of pyridine rings is 1. The topological polar surface area (TPSA) is 25.4 Å². The van der Waals surface area contributed by atoms with Crippen molar-refractivity contribution in [2.75, 3.05) is 20.1 Å². The summed E-state index contributed by atoms with van der Waals surface area (Å²) in [7, 11) is 2.16. The van der Waals surface area contributed by atoms with Crippen LogP contribution in [0.1, 0.15) is 30.2 Å². The summed E-state index contributed by atoms with van der Waals surface area (Å²) in [5.74, 6) is 0.